The second-order valence-corrected chi connectivity index (χ2v) is 3.15. The molecular weight excluding hydrogens is 172 g/mol. The van der Waals surface area contributed by atoms with Crippen LogP contribution in [0.15, 0.2) is 24.3 Å². The summed E-state index contributed by atoms with van der Waals surface area (Å²) >= 11 is 0. The number of aldehydes is 1. The highest BCUT2D eigenvalue weighted by Crippen LogP contribution is 2.01. The Balaban J connectivity index is 2.64. The van der Waals surface area contributed by atoms with E-state index in [-0.39, 0.29) is 0 Å². The topological polar surface area (TPSA) is 17.1 Å². The van der Waals surface area contributed by atoms with Gasteiger partial charge in [0.05, 0.1) is 0 Å². The third-order valence-electron chi connectivity index (χ3n) is 1.91. The normalized spacial score (nSPS) is 8.93. The maximum absolute atomic E-state index is 10.5. The molecule has 0 saturated carbocycles. The zero-order valence-corrected chi connectivity index (χ0v) is 8.42. The minimum Gasteiger partial charge on any atom is -0.298 e. The van der Waals surface area contributed by atoms with E-state index in [0.29, 0.717) is 5.56 Å². The fourth-order valence-corrected chi connectivity index (χ4v) is 1.12. The van der Waals surface area contributed by atoms with E-state index >= 15 is 0 Å². The summed E-state index contributed by atoms with van der Waals surface area (Å²) in [7, 11) is 0. The summed E-state index contributed by atoms with van der Waals surface area (Å²) in [5.41, 5.74) is 1.61. The number of hydrogen-bond acceptors (Lipinski definition) is 1. The Morgan fingerprint density at radius 2 is 2.29 bits per heavy atom. The van der Waals surface area contributed by atoms with E-state index in [1.807, 2.05) is 18.2 Å². The Bertz CT molecular complexity index is 355. The van der Waals surface area contributed by atoms with Crippen molar-refractivity contribution in [3.63, 3.8) is 0 Å². The van der Waals surface area contributed by atoms with Gasteiger partial charge in [-0.1, -0.05) is 37.3 Å². The van der Waals surface area contributed by atoms with Crippen LogP contribution >= 0.6 is 0 Å². The van der Waals surface area contributed by atoms with Crippen molar-refractivity contribution in [2.45, 2.75) is 26.2 Å². The lowest BCUT2D eigenvalue weighted by molar-refractivity contribution is 0.112. The number of carbonyl (C=O) groups excluding carboxylic acids is 1. The summed E-state index contributed by atoms with van der Waals surface area (Å²) in [5.74, 6) is 6.13. The predicted molar refractivity (Wildman–Crippen MR) is 58.2 cm³/mol. The van der Waals surface area contributed by atoms with Crippen molar-refractivity contribution in [1.29, 1.82) is 0 Å². The standard InChI is InChI=1S/C13H14O/c1-2-3-4-5-7-12-8-6-9-13(10-12)11-14/h6,8-11H,2-4H2,1H3. The summed E-state index contributed by atoms with van der Waals surface area (Å²) < 4.78 is 0. The Labute approximate surface area is 85.1 Å². The van der Waals surface area contributed by atoms with Gasteiger partial charge < -0.3 is 0 Å². The fraction of sp³-hybridized carbons (Fsp3) is 0.308. The van der Waals surface area contributed by atoms with Gasteiger partial charge in [-0.15, -0.1) is 0 Å². The van der Waals surface area contributed by atoms with Crippen molar-refractivity contribution in [1.82, 2.24) is 0 Å². The molecular formula is C13H14O. The summed E-state index contributed by atoms with van der Waals surface area (Å²) in [6, 6.07) is 7.37. The van der Waals surface area contributed by atoms with Gasteiger partial charge in [0, 0.05) is 17.5 Å². The zero-order chi connectivity index (χ0) is 10.2. The van der Waals surface area contributed by atoms with E-state index in [1.54, 1.807) is 6.07 Å². The molecule has 0 aromatic heterocycles. The van der Waals surface area contributed by atoms with Gasteiger partial charge >= 0.3 is 0 Å². The molecule has 72 valence electrons. The Morgan fingerprint density at radius 3 is 3.00 bits per heavy atom. The lowest BCUT2D eigenvalue weighted by atomic mass is 10.1. The minimum atomic E-state index is 0.687. The average Bonchev–Trinajstić information content (AvgIpc) is 2.25. The molecule has 0 amide bonds. The molecule has 14 heavy (non-hydrogen) atoms. The molecule has 0 spiro atoms. The van der Waals surface area contributed by atoms with Gasteiger partial charge in [0.15, 0.2) is 0 Å². The third kappa shape index (κ3) is 3.45. The van der Waals surface area contributed by atoms with E-state index in [0.717, 1.165) is 24.7 Å². The second-order valence-electron chi connectivity index (χ2n) is 3.15. The first kappa shape index (κ1) is 10.5. The molecule has 1 nitrogen and oxygen atoms in total. The fourth-order valence-electron chi connectivity index (χ4n) is 1.12. The molecule has 0 aliphatic heterocycles. The molecule has 0 heterocycles. The van der Waals surface area contributed by atoms with E-state index < -0.39 is 0 Å². The average molecular weight is 186 g/mol. The Kier molecular flexibility index (Phi) is 4.50. The van der Waals surface area contributed by atoms with Gasteiger partial charge in [0.25, 0.3) is 0 Å². The minimum absolute atomic E-state index is 0.687. The van der Waals surface area contributed by atoms with Crippen molar-refractivity contribution in [3.8, 4) is 11.8 Å². The molecule has 0 radical (unpaired) electrons. The lowest BCUT2D eigenvalue weighted by Crippen LogP contribution is -1.80. The van der Waals surface area contributed by atoms with Gasteiger partial charge in [-0.05, 0) is 18.6 Å². The molecule has 0 fully saturated rings. The van der Waals surface area contributed by atoms with Crippen LogP contribution in [-0.4, -0.2) is 6.29 Å². The van der Waals surface area contributed by atoms with Crippen molar-refractivity contribution >= 4 is 6.29 Å². The maximum atomic E-state index is 10.5. The molecule has 1 aromatic rings. The molecule has 0 aliphatic rings. The van der Waals surface area contributed by atoms with E-state index in [4.69, 9.17) is 0 Å². The van der Waals surface area contributed by atoms with Crippen LogP contribution < -0.4 is 0 Å². The first-order valence-electron chi connectivity index (χ1n) is 4.91. The molecule has 1 rings (SSSR count). The van der Waals surface area contributed by atoms with E-state index in [1.165, 1.54) is 6.42 Å². The monoisotopic (exact) mass is 186 g/mol. The van der Waals surface area contributed by atoms with Gasteiger partial charge in [0.1, 0.15) is 6.29 Å². The van der Waals surface area contributed by atoms with Crippen LogP contribution in [0.5, 0.6) is 0 Å². The number of carbonyl (C=O) groups is 1. The number of unbranched alkanes of at least 4 members (excludes halogenated alkanes) is 2. The largest absolute Gasteiger partial charge is 0.298 e. The van der Waals surface area contributed by atoms with Gasteiger partial charge in [-0.2, -0.15) is 0 Å². The predicted octanol–water partition coefficient (Wildman–Crippen LogP) is 3.04. The Hall–Kier alpha value is -1.55. The van der Waals surface area contributed by atoms with Crippen LogP contribution in [0.3, 0.4) is 0 Å². The highest BCUT2D eigenvalue weighted by atomic mass is 16.1. The number of rotatable bonds is 3. The highest BCUT2D eigenvalue weighted by Gasteiger charge is 1.89. The summed E-state index contributed by atoms with van der Waals surface area (Å²) in [4.78, 5) is 10.5. The first-order chi connectivity index (χ1) is 6.86. The number of hydrogen-bond donors (Lipinski definition) is 0. The quantitative estimate of drug-likeness (QED) is 0.403. The molecule has 0 unspecified atom stereocenters. The molecule has 0 N–H and O–H groups in total. The van der Waals surface area contributed by atoms with Crippen LogP contribution in [0.25, 0.3) is 0 Å². The van der Waals surface area contributed by atoms with E-state index in [2.05, 4.69) is 18.8 Å². The second kappa shape index (κ2) is 5.99. The highest BCUT2D eigenvalue weighted by molar-refractivity contribution is 5.75. The van der Waals surface area contributed by atoms with Gasteiger partial charge in [-0.3, -0.25) is 4.79 Å². The number of benzene rings is 1. The maximum Gasteiger partial charge on any atom is 0.150 e. The smallest absolute Gasteiger partial charge is 0.150 e. The van der Waals surface area contributed by atoms with Crippen LogP contribution in [-0.2, 0) is 0 Å². The summed E-state index contributed by atoms with van der Waals surface area (Å²) in [5, 5.41) is 0. The van der Waals surface area contributed by atoms with Crippen LogP contribution in [0, 0.1) is 11.8 Å². The van der Waals surface area contributed by atoms with Crippen LogP contribution in [0.1, 0.15) is 42.1 Å². The Morgan fingerprint density at radius 1 is 1.43 bits per heavy atom. The molecule has 0 atom stereocenters. The van der Waals surface area contributed by atoms with Gasteiger partial charge in [0.2, 0.25) is 0 Å². The van der Waals surface area contributed by atoms with Crippen molar-refractivity contribution in [2.24, 2.45) is 0 Å². The van der Waals surface area contributed by atoms with Crippen LogP contribution in [0.2, 0.25) is 0 Å². The molecule has 1 aromatic carbocycles. The SMILES string of the molecule is CCCCC#Cc1cccc(C=O)c1. The molecule has 0 aliphatic carbocycles. The van der Waals surface area contributed by atoms with Crippen molar-refractivity contribution in [3.05, 3.63) is 35.4 Å². The third-order valence-corrected chi connectivity index (χ3v) is 1.91. The van der Waals surface area contributed by atoms with E-state index in [9.17, 15) is 4.79 Å². The van der Waals surface area contributed by atoms with Gasteiger partial charge in [-0.25, -0.2) is 0 Å². The van der Waals surface area contributed by atoms with Crippen molar-refractivity contribution < 1.29 is 4.79 Å². The summed E-state index contributed by atoms with van der Waals surface area (Å²) in [6.45, 7) is 2.15. The summed E-state index contributed by atoms with van der Waals surface area (Å²) in [6.07, 6.45) is 4.09. The molecule has 0 bridgehead atoms. The lowest BCUT2D eigenvalue weighted by Gasteiger charge is -1.91. The van der Waals surface area contributed by atoms with Crippen LogP contribution in [0.4, 0.5) is 0 Å². The zero-order valence-electron chi connectivity index (χ0n) is 8.42. The first-order valence-corrected chi connectivity index (χ1v) is 4.91. The molecule has 0 saturated heterocycles. The molecule has 1 heteroatoms. The van der Waals surface area contributed by atoms with Crippen molar-refractivity contribution in [2.75, 3.05) is 0 Å².